The molecule has 2 heterocycles. The topological polar surface area (TPSA) is 134 Å². The summed E-state index contributed by atoms with van der Waals surface area (Å²) < 4.78 is 5.02. The number of carbonyl (C=O) groups excluding carboxylic acids is 3. The van der Waals surface area contributed by atoms with E-state index in [1.54, 1.807) is 36.4 Å². The minimum absolute atomic E-state index is 0.0517. The lowest BCUT2D eigenvalue weighted by atomic mass is 10.2. The lowest BCUT2D eigenvalue weighted by Gasteiger charge is -2.17. The van der Waals surface area contributed by atoms with Crippen LogP contribution in [0, 0.1) is 0 Å². The maximum atomic E-state index is 12.5. The van der Waals surface area contributed by atoms with Gasteiger partial charge < -0.3 is 25.4 Å². The Kier molecular flexibility index (Phi) is 4.52. The van der Waals surface area contributed by atoms with Crippen molar-refractivity contribution in [2.75, 3.05) is 17.3 Å². The number of nitrogens with zero attached hydrogens (tertiary/aromatic N) is 2. The molecule has 0 aliphatic carbocycles. The molecule has 1 aromatic carbocycles. The van der Waals surface area contributed by atoms with Gasteiger partial charge in [-0.05, 0) is 36.4 Å². The maximum Gasteiger partial charge on any atom is 0.291 e. The van der Waals surface area contributed by atoms with Gasteiger partial charge in [0, 0.05) is 18.4 Å². The minimum Gasteiger partial charge on any atom is -0.459 e. The van der Waals surface area contributed by atoms with Crippen molar-refractivity contribution < 1.29 is 18.8 Å². The molecule has 0 aliphatic rings. The van der Waals surface area contributed by atoms with Gasteiger partial charge in [0.05, 0.1) is 12.6 Å². The highest BCUT2D eigenvalue weighted by molar-refractivity contribution is 6.10. The van der Waals surface area contributed by atoms with E-state index in [1.165, 1.54) is 24.5 Å². The molecule has 0 atom stereocenters. The van der Waals surface area contributed by atoms with Crippen molar-refractivity contribution in [1.29, 1.82) is 0 Å². The van der Waals surface area contributed by atoms with Crippen LogP contribution in [0.1, 0.15) is 31.5 Å². The predicted molar refractivity (Wildman–Crippen MR) is 92.9 cm³/mol. The van der Waals surface area contributed by atoms with Gasteiger partial charge >= 0.3 is 0 Å². The number of anilines is 2. The molecule has 0 fully saturated rings. The van der Waals surface area contributed by atoms with Gasteiger partial charge in [-0.3, -0.25) is 14.4 Å². The number of benzene rings is 1. The van der Waals surface area contributed by atoms with Gasteiger partial charge in [0.25, 0.3) is 17.7 Å². The molecule has 3 aromatic rings. The molecule has 0 bridgehead atoms. The Morgan fingerprint density at radius 2 is 1.92 bits per heavy atom. The van der Waals surface area contributed by atoms with Gasteiger partial charge in [0.2, 0.25) is 0 Å². The number of imidazole rings is 1. The first kappa shape index (κ1) is 17.0. The molecule has 0 spiro atoms. The van der Waals surface area contributed by atoms with Crippen LogP contribution in [0.4, 0.5) is 11.4 Å². The molecule has 132 valence electrons. The molecule has 26 heavy (non-hydrogen) atoms. The number of nitrogens with two attached hydrogens (primary N) is 1. The SMILES string of the molecule is CN(C(=O)c1nc[nH]c1C(N)=O)c1ccc(NC(=O)c2ccco2)cc1. The fourth-order valence-electron chi connectivity index (χ4n) is 2.29. The van der Waals surface area contributed by atoms with Crippen LogP contribution in [0.3, 0.4) is 0 Å². The van der Waals surface area contributed by atoms with Crippen LogP contribution in [-0.4, -0.2) is 34.7 Å². The van der Waals surface area contributed by atoms with Crippen LogP contribution >= 0.6 is 0 Å². The Hall–Kier alpha value is -3.88. The summed E-state index contributed by atoms with van der Waals surface area (Å²) in [6, 6.07) is 9.74. The van der Waals surface area contributed by atoms with Crippen LogP contribution in [0.15, 0.2) is 53.4 Å². The molecule has 0 saturated heterocycles. The molecule has 0 saturated carbocycles. The monoisotopic (exact) mass is 353 g/mol. The highest BCUT2D eigenvalue weighted by Crippen LogP contribution is 2.19. The molecule has 3 rings (SSSR count). The van der Waals surface area contributed by atoms with E-state index >= 15 is 0 Å². The Balaban J connectivity index is 1.73. The van der Waals surface area contributed by atoms with Crippen LogP contribution in [0.2, 0.25) is 0 Å². The summed E-state index contributed by atoms with van der Waals surface area (Å²) in [6.45, 7) is 0. The van der Waals surface area contributed by atoms with Gasteiger partial charge in [-0.15, -0.1) is 0 Å². The molecule has 9 heteroatoms. The quantitative estimate of drug-likeness (QED) is 0.641. The van der Waals surface area contributed by atoms with Crippen molar-refractivity contribution in [3.8, 4) is 0 Å². The fraction of sp³-hybridized carbons (Fsp3) is 0.0588. The lowest BCUT2D eigenvalue weighted by molar-refractivity contribution is 0.0958. The summed E-state index contributed by atoms with van der Waals surface area (Å²) in [5.74, 6) is -1.45. The second kappa shape index (κ2) is 6.93. The molecule has 0 unspecified atom stereocenters. The average molecular weight is 353 g/mol. The molecular formula is C17H15N5O4. The van der Waals surface area contributed by atoms with E-state index < -0.39 is 11.8 Å². The molecule has 2 aromatic heterocycles. The number of primary amides is 1. The van der Waals surface area contributed by atoms with E-state index in [1.807, 2.05) is 0 Å². The van der Waals surface area contributed by atoms with Gasteiger partial charge in [-0.2, -0.15) is 0 Å². The Labute approximate surface area is 147 Å². The van der Waals surface area contributed by atoms with E-state index in [2.05, 4.69) is 15.3 Å². The summed E-state index contributed by atoms with van der Waals surface area (Å²) in [7, 11) is 1.54. The first-order valence-corrected chi connectivity index (χ1v) is 7.53. The number of nitrogens with one attached hydrogen (secondary N) is 2. The van der Waals surface area contributed by atoms with Crippen molar-refractivity contribution in [2.24, 2.45) is 5.73 Å². The predicted octanol–water partition coefficient (Wildman–Crippen LogP) is 1.63. The zero-order valence-electron chi connectivity index (χ0n) is 13.7. The highest BCUT2D eigenvalue weighted by atomic mass is 16.3. The van der Waals surface area contributed by atoms with E-state index in [-0.39, 0.29) is 23.1 Å². The number of aromatic nitrogens is 2. The van der Waals surface area contributed by atoms with Crippen molar-refractivity contribution in [1.82, 2.24) is 9.97 Å². The molecule has 0 aliphatic heterocycles. The Bertz CT molecular complexity index is 944. The number of hydrogen-bond acceptors (Lipinski definition) is 5. The summed E-state index contributed by atoms with van der Waals surface area (Å²) in [4.78, 5) is 43.5. The number of H-pyrrole nitrogens is 1. The molecule has 0 radical (unpaired) electrons. The second-order valence-electron chi connectivity index (χ2n) is 5.33. The highest BCUT2D eigenvalue weighted by Gasteiger charge is 2.22. The van der Waals surface area contributed by atoms with Gasteiger partial charge in [-0.25, -0.2) is 4.98 Å². The summed E-state index contributed by atoms with van der Waals surface area (Å²) in [6.07, 6.45) is 2.64. The summed E-state index contributed by atoms with van der Waals surface area (Å²) in [5.41, 5.74) is 6.18. The third-order valence-corrected chi connectivity index (χ3v) is 3.65. The van der Waals surface area contributed by atoms with Crippen LogP contribution in [0.25, 0.3) is 0 Å². The Morgan fingerprint density at radius 1 is 1.19 bits per heavy atom. The van der Waals surface area contributed by atoms with Crippen molar-refractivity contribution in [3.05, 3.63) is 66.1 Å². The number of rotatable bonds is 5. The zero-order valence-corrected chi connectivity index (χ0v) is 13.7. The standard InChI is InChI=1S/C17H15N5O4/c1-22(17(25)14-13(15(18)23)19-9-20-14)11-6-4-10(5-7-11)21-16(24)12-3-2-8-26-12/h2-9H,1H3,(H2,18,23)(H,19,20)(H,21,24). The lowest BCUT2D eigenvalue weighted by Crippen LogP contribution is -2.29. The van der Waals surface area contributed by atoms with E-state index in [4.69, 9.17) is 10.2 Å². The van der Waals surface area contributed by atoms with Gasteiger partial charge in [0.1, 0.15) is 5.69 Å². The second-order valence-corrected chi connectivity index (χ2v) is 5.33. The largest absolute Gasteiger partial charge is 0.459 e. The maximum absolute atomic E-state index is 12.5. The van der Waals surface area contributed by atoms with E-state index in [9.17, 15) is 14.4 Å². The first-order chi connectivity index (χ1) is 12.5. The summed E-state index contributed by atoms with van der Waals surface area (Å²) >= 11 is 0. The number of carbonyl (C=O) groups is 3. The van der Waals surface area contributed by atoms with Crippen LogP contribution in [0.5, 0.6) is 0 Å². The van der Waals surface area contributed by atoms with E-state index in [0.717, 1.165) is 0 Å². The smallest absolute Gasteiger partial charge is 0.291 e. The van der Waals surface area contributed by atoms with Gasteiger partial charge in [0.15, 0.2) is 11.5 Å². The average Bonchev–Trinajstić information content (AvgIpc) is 3.32. The Morgan fingerprint density at radius 3 is 2.54 bits per heavy atom. The third-order valence-electron chi connectivity index (χ3n) is 3.65. The molecule has 4 N–H and O–H groups in total. The molecule has 3 amide bonds. The summed E-state index contributed by atoms with van der Waals surface area (Å²) in [5, 5.41) is 2.68. The number of hydrogen-bond donors (Lipinski definition) is 3. The van der Waals surface area contributed by atoms with Gasteiger partial charge in [-0.1, -0.05) is 0 Å². The number of aromatic amines is 1. The van der Waals surface area contributed by atoms with Crippen LogP contribution < -0.4 is 16.0 Å². The van der Waals surface area contributed by atoms with Crippen molar-refractivity contribution in [2.45, 2.75) is 0 Å². The van der Waals surface area contributed by atoms with Crippen molar-refractivity contribution >= 4 is 29.1 Å². The minimum atomic E-state index is -0.768. The molecular weight excluding hydrogens is 338 g/mol. The molecule has 9 nitrogen and oxygen atoms in total. The van der Waals surface area contributed by atoms with Crippen LogP contribution in [-0.2, 0) is 0 Å². The van der Waals surface area contributed by atoms with Crippen molar-refractivity contribution in [3.63, 3.8) is 0 Å². The number of furan rings is 1. The zero-order chi connectivity index (χ0) is 18.7. The third kappa shape index (κ3) is 3.31. The normalized spacial score (nSPS) is 10.3. The fourth-order valence-corrected chi connectivity index (χ4v) is 2.29. The first-order valence-electron chi connectivity index (χ1n) is 7.53. The van der Waals surface area contributed by atoms with E-state index in [0.29, 0.717) is 11.4 Å². The number of amides is 3.